The van der Waals surface area contributed by atoms with Gasteiger partial charge in [0.05, 0.1) is 24.2 Å². The number of aromatic nitrogens is 3. The number of pyridine rings is 1. The Kier molecular flexibility index (Phi) is 6.23. The van der Waals surface area contributed by atoms with Crippen molar-refractivity contribution in [2.24, 2.45) is 0 Å². The number of carbonyl (C=O) groups excluding carboxylic acids is 1. The molecule has 0 bridgehead atoms. The van der Waals surface area contributed by atoms with Crippen LogP contribution in [0.15, 0.2) is 36.7 Å². The number of amides is 1. The van der Waals surface area contributed by atoms with Gasteiger partial charge in [0, 0.05) is 18.5 Å². The Bertz CT molecular complexity index is 1100. The lowest BCUT2D eigenvalue weighted by Crippen LogP contribution is -2.13. The van der Waals surface area contributed by atoms with Gasteiger partial charge in [-0.1, -0.05) is 6.07 Å². The van der Waals surface area contributed by atoms with Gasteiger partial charge in [-0.15, -0.1) is 0 Å². The number of carbonyl (C=O) groups is 1. The third kappa shape index (κ3) is 5.18. The number of hydrogen-bond acceptors (Lipinski definition) is 7. The van der Waals surface area contributed by atoms with Crippen molar-refractivity contribution >= 4 is 35.2 Å². The van der Waals surface area contributed by atoms with Gasteiger partial charge in [-0.05, 0) is 37.1 Å². The second-order valence-corrected chi connectivity index (χ2v) is 6.56. The monoisotopic (exact) mass is 432 g/mol. The summed E-state index contributed by atoms with van der Waals surface area (Å²) >= 11 is 0. The van der Waals surface area contributed by atoms with Gasteiger partial charge in [-0.3, -0.25) is 4.79 Å². The van der Waals surface area contributed by atoms with Crippen molar-refractivity contribution in [2.75, 3.05) is 23.1 Å². The van der Waals surface area contributed by atoms with Crippen molar-refractivity contribution in [1.29, 1.82) is 0 Å². The van der Waals surface area contributed by atoms with Crippen LogP contribution in [0.1, 0.15) is 16.7 Å². The Hall–Kier alpha value is -3.89. The van der Waals surface area contributed by atoms with E-state index < -0.39 is 17.6 Å². The number of ether oxygens (including phenoxy) is 1. The van der Waals surface area contributed by atoms with Gasteiger partial charge in [-0.2, -0.15) is 18.2 Å². The topological polar surface area (TPSA) is 101 Å². The number of alkyl halides is 3. The SMILES string of the molecule is COc1cc(Nc2ncc(C(F)(F)F)c(Nc3ccc(C)cc3NC=O)n2)c(C)cn1. The van der Waals surface area contributed by atoms with Crippen LogP contribution >= 0.6 is 0 Å². The molecule has 0 saturated carbocycles. The van der Waals surface area contributed by atoms with Crippen LogP contribution in [0, 0.1) is 13.8 Å². The molecule has 0 radical (unpaired) electrons. The van der Waals surface area contributed by atoms with E-state index in [0.717, 1.165) is 11.1 Å². The molecule has 11 heteroatoms. The third-order valence-corrected chi connectivity index (χ3v) is 4.27. The number of anilines is 5. The summed E-state index contributed by atoms with van der Waals surface area (Å²) in [5.74, 6) is -0.215. The Morgan fingerprint density at radius 3 is 2.45 bits per heavy atom. The lowest BCUT2D eigenvalue weighted by atomic mass is 10.2. The Morgan fingerprint density at radius 2 is 1.77 bits per heavy atom. The van der Waals surface area contributed by atoms with Crippen molar-refractivity contribution in [1.82, 2.24) is 15.0 Å². The molecule has 0 atom stereocenters. The molecule has 1 aromatic carbocycles. The van der Waals surface area contributed by atoms with E-state index in [1.54, 1.807) is 44.3 Å². The van der Waals surface area contributed by atoms with E-state index in [1.165, 1.54) is 7.11 Å². The van der Waals surface area contributed by atoms with Crippen LogP contribution in [0.5, 0.6) is 5.88 Å². The van der Waals surface area contributed by atoms with E-state index in [9.17, 15) is 18.0 Å². The highest BCUT2D eigenvalue weighted by Gasteiger charge is 2.35. The van der Waals surface area contributed by atoms with E-state index in [0.29, 0.717) is 29.9 Å². The summed E-state index contributed by atoms with van der Waals surface area (Å²) in [4.78, 5) is 22.8. The number of methoxy groups -OCH3 is 1. The van der Waals surface area contributed by atoms with E-state index in [-0.39, 0.29) is 11.6 Å². The molecule has 3 aromatic rings. The number of hydrogen-bond donors (Lipinski definition) is 3. The van der Waals surface area contributed by atoms with Crippen molar-refractivity contribution < 1.29 is 22.7 Å². The molecule has 2 heterocycles. The van der Waals surface area contributed by atoms with Crippen LogP contribution in [-0.4, -0.2) is 28.5 Å². The standard InChI is InChI=1S/C20H19F3N6O2/c1-11-4-5-14(16(6-11)26-10-30)27-18-13(20(21,22)23)9-25-19(29-18)28-15-7-17(31-3)24-8-12(15)2/h4-10H,1-3H3,(H,26,30)(H2,24,25,27,28,29). The maximum Gasteiger partial charge on any atom is 0.421 e. The first-order valence-corrected chi connectivity index (χ1v) is 9.01. The second kappa shape index (κ2) is 8.86. The second-order valence-electron chi connectivity index (χ2n) is 6.56. The third-order valence-electron chi connectivity index (χ3n) is 4.27. The molecule has 2 aromatic heterocycles. The molecule has 3 N–H and O–H groups in total. The van der Waals surface area contributed by atoms with Gasteiger partial charge in [0.1, 0.15) is 11.4 Å². The molecule has 162 valence electrons. The average Bonchev–Trinajstić information content (AvgIpc) is 2.71. The van der Waals surface area contributed by atoms with Gasteiger partial charge in [0.2, 0.25) is 18.2 Å². The summed E-state index contributed by atoms with van der Waals surface area (Å²) in [6, 6.07) is 6.44. The molecule has 0 spiro atoms. The van der Waals surface area contributed by atoms with Crippen LogP contribution < -0.4 is 20.7 Å². The van der Waals surface area contributed by atoms with Gasteiger partial charge < -0.3 is 20.7 Å². The fourth-order valence-electron chi connectivity index (χ4n) is 2.69. The molecule has 0 fully saturated rings. The van der Waals surface area contributed by atoms with E-state index in [4.69, 9.17) is 4.74 Å². The van der Waals surface area contributed by atoms with Crippen LogP contribution in [-0.2, 0) is 11.0 Å². The number of benzene rings is 1. The number of nitrogens with zero attached hydrogens (tertiary/aromatic N) is 3. The predicted octanol–water partition coefficient (Wildman–Crippen LogP) is 4.57. The minimum absolute atomic E-state index is 0.0659. The van der Waals surface area contributed by atoms with Crippen LogP contribution in [0.25, 0.3) is 0 Å². The van der Waals surface area contributed by atoms with Gasteiger partial charge in [0.15, 0.2) is 0 Å². The Morgan fingerprint density at radius 1 is 1.00 bits per heavy atom. The fraction of sp³-hybridized carbons (Fsp3) is 0.200. The highest BCUT2D eigenvalue weighted by Crippen LogP contribution is 2.37. The number of halogens is 3. The van der Waals surface area contributed by atoms with E-state index >= 15 is 0 Å². The Labute approximate surface area is 175 Å². The summed E-state index contributed by atoms with van der Waals surface area (Å²) in [6.45, 7) is 3.56. The summed E-state index contributed by atoms with van der Waals surface area (Å²) in [6.07, 6.45) is -2.02. The van der Waals surface area contributed by atoms with E-state index in [1.807, 2.05) is 0 Å². The van der Waals surface area contributed by atoms with Crippen molar-refractivity contribution in [3.63, 3.8) is 0 Å². The average molecular weight is 432 g/mol. The Balaban J connectivity index is 2.02. The summed E-state index contributed by atoms with van der Waals surface area (Å²) in [5.41, 5.74) is 1.56. The van der Waals surface area contributed by atoms with Gasteiger partial charge >= 0.3 is 6.18 Å². The minimum atomic E-state index is -4.69. The minimum Gasteiger partial charge on any atom is -0.481 e. The molecule has 31 heavy (non-hydrogen) atoms. The smallest absolute Gasteiger partial charge is 0.421 e. The van der Waals surface area contributed by atoms with Crippen molar-refractivity contribution in [2.45, 2.75) is 20.0 Å². The fourth-order valence-corrected chi connectivity index (χ4v) is 2.69. The zero-order valence-electron chi connectivity index (χ0n) is 16.8. The molecular formula is C20H19F3N6O2. The first kappa shape index (κ1) is 21.8. The number of nitrogens with one attached hydrogen (secondary N) is 3. The van der Waals surface area contributed by atoms with Gasteiger partial charge in [0.25, 0.3) is 0 Å². The van der Waals surface area contributed by atoms with E-state index in [2.05, 4.69) is 30.9 Å². The normalized spacial score (nSPS) is 11.0. The summed E-state index contributed by atoms with van der Waals surface area (Å²) in [5, 5.41) is 8.00. The number of rotatable bonds is 7. The van der Waals surface area contributed by atoms with Crippen LogP contribution in [0.4, 0.5) is 42.0 Å². The molecular weight excluding hydrogens is 413 g/mol. The molecule has 0 unspecified atom stereocenters. The maximum absolute atomic E-state index is 13.5. The highest BCUT2D eigenvalue weighted by molar-refractivity contribution is 5.83. The largest absolute Gasteiger partial charge is 0.481 e. The first-order valence-electron chi connectivity index (χ1n) is 9.01. The maximum atomic E-state index is 13.5. The zero-order valence-corrected chi connectivity index (χ0v) is 16.8. The summed E-state index contributed by atoms with van der Waals surface area (Å²) < 4.78 is 45.7. The van der Waals surface area contributed by atoms with Crippen LogP contribution in [0.2, 0.25) is 0 Å². The molecule has 0 saturated heterocycles. The number of aryl methyl sites for hydroxylation is 2. The lowest BCUT2D eigenvalue weighted by Gasteiger charge is -2.17. The van der Waals surface area contributed by atoms with Crippen LogP contribution in [0.3, 0.4) is 0 Å². The molecule has 3 rings (SSSR count). The predicted molar refractivity (Wildman–Crippen MR) is 110 cm³/mol. The molecule has 0 aliphatic rings. The zero-order chi connectivity index (χ0) is 22.6. The molecule has 0 aliphatic heterocycles. The van der Waals surface area contributed by atoms with Crippen molar-refractivity contribution in [3.8, 4) is 5.88 Å². The quantitative estimate of drug-likeness (QED) is 0.470. The van der Waals surface area contributed by atoms with Gasteiger partial charge in [-0.25, -0.2) is 9.97 Å². The molecule has 0 aliphatic carbocycles. The highest BCUT2D eigenvalue weighted by atomic mass is 19.4. The molecule has 8 nitrogen and oxygen atoms in total. The summed E-state index contributed by atoms with van der Waals surface area (Å²) in [7, 11) is 1.45. The first-order chi connectivity index (χ1) is 14.7. The lowest BCUT2D eigenvalue weighted by molar-refractivity contribution is -0.137. The van der Waals surface area contributed by atoms with Crippen molar-refractivity contribution in [3.05, 3.63) is 53.3 Å². The molecule has 1 amide bonds.